The second-order valence-corrected chi connectivity index (χ2v) is 9.71. The summed E-state index contributed by atoms with van der Waals surface area (Å²) >= 11 is 0. The number of nitrogens with zero attached hydrogens (tertiary/aromatic N) is 6. The number of ether oxygens (including phenoxy) is 5. The van der Waals surface area contributed by atoms with Gasteiger partial charge in [-0.15, -0.1) is 5.10 Å². The predicted molar refractivity (Wildman–Crippen MR) is 164 cm³/mol. The van der Waals surface area contributed by atoms with Crippen LogP contribution in [0.5, 0.6) is 23.0 Å². The fourth-order valence-electron chi connectivity index (χ4n) is 4.90. The maximum atomic E-state index is 6.14. The van der Waals surface area contributed by atoms with Crippen molar-refractivity contribution in [1.82, 2.24) is 25.0 Å². The van der Waals surface area contributed by atoms with Gasteiger partial charge in [-0.3, -0.25) is 0 Å². The maximum Gasteiger partial charge on any atom is 0.139 e. The molecule has 0 bridgehead atoms. The summed E-state index contributed by atoms with van der Waals surface area (Å²) in [5.74, 6) is 3.88. The van der Waals surface area contributed by atoms with Gasteiger partial charge >= 0.3 is 0 Å². The highest BCUT2D eigenvalue weighted by molar-refractivity contribution is 5.95. The van der Waals surface area contributed by atoms with E-state index in [1.807, 2.05) is 48.5 Å². The molecule has 224 valence electrons. The Hall–Kier alpha value is -5.10. The maximum absolute atomic E-state index is 6.14. The van der Waals surface area contributed by atoms with Crippen molar-refractivity contribution in [2.24, 2.45) is 0 Å². The lowest BCUT2D eigenvalue weighted by atomic mass is 10.1. The molecule has 0 saturated carbocycles. The molecule has 0 radical (unpaired) electrons. The topological polar surface area (TPSA) is 132 Å². The third-order valence-electron chi connectivity index (χ3n) is 7.11. The van der Waals surface area contributed by atoms with Crippen molar-refractivity contribution < 1.29 is 23.7 Å². The van der Waals surface area contributed by atoms with E-state index < -0.39 is 0 Å². The molecule has 5 aromatic rings. The average molecular weight is 586 g/mol. The molecule has 0 spiro atoms. The van der Waals surface area contributed by atoms with Crippen LogP contribution in [-0.2, 0) is 24.4 Å². The summed E-state index contributed by atoms with van der Waals surface area (Å²) < 4.78 is 29.4. The standard InChI is InChI=1S/C31H35N7O5/c1-39-11-10-38-27(17-34-36-38)26-12-22-13-30(32)33-16-25(22)31(35-26)37(18-20-6-8-23(40-2)14-28(20)42-4)19-21-7-9-24(41-3)15-29(21)43-5/h6-9,12-17H,10-11,18-19H2,1-5H3,(H2,32,33). The van der Waals surface area contributed by atoms with Crippen molar-refractivity contribution in [2.45, 2.75) is 19.6 Å². The van der Waals surface area contributed by atoms with Gasteiger partial charge in [0.2, 0.25) is 0 Å². The van der Waals surface area contributed by atoms with E-state index in [1.54, 1.807) is 52.6 Å². The van der Waals surface area contributed by atoms with Crippen LogP contribution in [0.3, 0.4) is 0 Å². The van der Waals surface area contributed by atoms with Gasteiger partial charge in [0, 0.05) is 55.0 Å². The van der Waals surface area contributed by atoms with Gasteiger partial charge in [-0.25, -0.2) is 14.6 Å². The van der Waals surface area contributed by atoms with E-state index in [-0.39, 0.29) is 0 Å². The van der Waals surface area contributed by atoms with E-state index in [4.69, 9.17) is 34.4 Å². The fourth-order valence-corrected chi connectivity index (χ4v) is 4.90. The Kier molecular flexibility index (Phi) is 9.06. The van der Waals surface area contributed by atoms with E-state index >= 15 is 0 Å². The van der Waals surface area contributed by atoms with Gasteiger partial charge in [0.05, 0.1) is 53.5 Å². The van der Waals surface area contributed by atoms with Crippen molar-refractivity contribution in [1.29, 1.82) is 0 Å². The van der Waals surface area contributed by atoms with Gasteiger partial charge in [0.15, 0.2) is 0 Å². The van der Waals surface area contributed by atoms with Crippen molar-refractivity contribution >= 4 is 22.4 Å². The van der Waals surface area contributed by atoms with Gasteiger partial charge in [-0.2, -0.15) is 0 Å². The number of nitrogens with two attached hydrogens (primary N) is 1. The minimum atomic E-state index is 0.404. The monoisotopic (exact) mass is 585 g/mol. The molecule has 0 fully saturated rings. The summed E-state index contributed by atoms with van der Waals surface area (Å²) in [6, 6.07) is 15.3. The number of hydrogen-bond acceptors (Lipinski definition) is 11. The van der Waals surface area contributed by atoms with Gasteiger partial charge in [0.25, 0.3) is 0 Å². The summed E-state index contributed by atoms with van der Waals surface area (Å²) in [6.45, 7) is 1.89. The predicted octanol–water partition coefficient (Wildman–Crippen LogP) is 4.36. The molecule has 3 aromatic heterocycles. The normalized spacial score (nSPS) is 11.0. The first-order valence-electron chi connectivity index (χ1n) is 13.6. The van der Waals surface area contributed by atoms with Crippen LogP contribution in [0, 0.1) is 0 Å². The molecule has 3 heterocycles. The molecule has 2 aromatic carbocycles. The van der Waals surface area contributed by atoms with Crippen LogP contribution >= 0.6 is 0 Å². The first-order valence-corrected chi connectivity index (χ1v) is 13.6. The molecule has 2 N–H and O–H groups in total. The first kappa shape index (κ1) is 29.4. The number of nitrogen functional groups attached to an aromatic ring is 1. The van der Waals surface area contributed by atoms with Gasteiger partial charge in [0.1, 0.15) is 40.3 Å². The third kappa shape index (κ3) is 6.38. The Morgan fingerprint density at radius 2 is 1.44 bits per heavy atom. The Balaban J connectivity index is 1.69. The molecular weight excluding hydrogens is 550 g/mol. The largest absolute Gasteiger partial charge is 0.497 e. The quantitative estimate of drug-likeness (QED) is 0.211. The van der Waals surface area contributed by atoms with Crippen molar-refractivity contribution in [3.63, 3.8) is 0 Å². The van der Waals surface area contributed by atoms with Crippen LogP contribution < -0.4 is 29.6 Å². The number of aromatic nitrogens is 5. The van der Waals surface area contributed by atoms with Crippen molar-refractivity contribution in [3.05, 3.63) is 72.1 Å². The smallest absolute Gasteiger partial charge is 0.139 e. The third-order valence-corrected chi connectivity index (χ3v) is 7.11. The highest BCUT2D eigenvalue weighted by Crippen LogP contribution is 2.35. The number of rotatable bonds is 13. The Labute approximate surface area is 249 Å². The molecule has 12 heteroatoms. The van der Waals surface area contributed by atoms with Gasteiger partial charge < -0.3 is 34.3 Å². The molecule has 0 aliphatic carbocycles. The number of hydrogen-bond donors (Lipinski definition) is 1. The van der Waals surface area contributed by atoms with Crippen LogP contribution in [0.2, 0.25) is 0 Å². The molecule has 0 amide bonds. The van der Waals surface area contributed by atoms with Crippen molar-refractivity contribution in [3.8, 4) is 34.4 Å². The number of pyridine rings is 2. The number of methoxy groups -OCH3 is 5. The number of benzene rings is 2. The number of anilines is 2. The minimum absolute atomic E-state index is 0.404. The lowest BCUT2D eigenvalue weighted by Gasteiger charge is -2.27. The van der Waals surface area contributed by atoms with Crippen LogP contribution in [0.25, 0.3) is 22.2 Å². The molecule has 5 rings (SSSR count). The summed E-state index contributed by atoms with van der Waals surface area (Å²) in [7, 11) is 8.19. The second kappa shape index (κ2) is 13.3. The van der Waals surface area contributed by atoms with Crippen LogP contribution in [-0.4, -0.2) is 67.1 Å². The Morgan fingerprint density at radius 1 is 0.791 bits per heavy atom. The molecule has 0 aliphatic heterocycles. The highest BCUT2D eigenvalue weighted by Gasteiger charge is 2.21. The van der Waals surface area contributed by atoms with Crippen LogP contribution in [0.15, 0.2) is 60.9 Å². The Morgan fingerprint density at radius 3 is 2.02 bits per heavy atom. The molecule has 0 aliphatic rings. The Bertz CT molecular complexity index is 1650. The lowest BCUT2D eigenvalue weighted by molar-refractivity contribution is 0.183. The van der Waals surface area contributed by atoms with E-state index in [9.17, 15) is 0 Å². The molecule has 0 atom stereocenters. The zero-order valence-corrected chi connectivity index (χ0v) is 24.9. The van der Waals surface area contributed by atoms with E-state index in [0.717, 1.165) is 27.6 Å². The van der Waals surface area contributed by atoms with Gasteiger partial charge in [-0.1, -0.05) is 5.21 Å². The van der Waals surface area contributed by atoms with Crippen molar-refractivity contribution in [2.75, 3.05) is 52.8 Å². The fraction of sp³-hybridized carbons (Fsp3) is 0.290. The summed E-state index contributed by atoms with van der Waals surface area (Å²) in [5, 5.41) is 10.1. The summed E-state index contributed by atoms with van der Waals surface area (Å²) in [4.78, 5) is 11.7. The number of fused-ring (bicyclic) bond motifs is 1. The average Bonchev–Trinajstić information content (AvgIpc) is 3.51. The summed E-state index contributed by atoms with van der Waals surface area (Å²) in [6.07, 6.45) is 3.45. The summed E-state index contributed by atoms with van der Waals surface area (Å²) in [5.41, 5.74) is 9.45. The molecule has 0 saturated heterocycles. The van der Waals surface area contributed by atoms with Crippen LogP contribution in [0.1, 0.15) is 11.1 Å². The molecular formula is C31H35N7O5. The second-order valence-electron chi connectivity index (χ2n) is 9.71. The molecule has 12 nitrogen and oxygen atoms in total. The van der Waals surface area contributed by atoms with E-state index in [2.05, 4.69) is 20.2 Å². The molecule has 43 heavy (non-hydrogen) atoms. The van der Waals surface area contributed by atoms with Gasteiger partial charge in [-0.05, 0) is 41.8 Å². The zero-order valence-electron chi connectivity index (χ0n) is 24.9. The van der Waals surface area contributed by atoms with E-state index in [1.165, 1.54) is 0 Å². The first-order chi connectivity index (χ1) is 21.0. The highest BCUT2D eigenvalue weighted by atomic mass is 16.5. The SMILES string of the molecule is COCCn1nncc1-c1cc2cc(N)ncc2c(N(Cc2ccc(OC)cc2OC)Cc2ccc(OC)cc2OC)n1. The minimum Gasteiger partial charge on any atom is -0.497 e. The zero-order chi connectivity index (χ0) is 30.3. The van der Waals surface area contributed by atoms with Crippen LogP contribution in [0.4, 0.5) is 11.6 Å². The molecule has 0 unspecified atom stereocenters. The van der Waals surface area contributed by atoms with E-state index in [0.29, 0.717) is 66.6 Å². The lowest BCUT2D eigenvalue weighted by Crippen LogP contribution is -2.24.